The van der Waals surface area contributed by atoms with Crippen molar-refractivity contribution in [2.24, 2.45) is 5.92 Å². The van der Waals surface area contributed by atoms with Crippen LogP contribution < -0.4 is 5.32 Å². The Morgan fingerprint density at radius 2 is 1.58 bits per heavy atom. The molecule has 3 rings (SSSR count). The van der Waals surface area contributed by atoms with E-state index in [4.69, 9.17) is 0 Å². The number of aryl methyl sites for hydroxylation is 2. The lowest BCUT2D eigenvalue weighted by molar-refractivity contribution is -0.134. The van der Waals surface area contributed by atoms with Gasteiger partial charge in [0, 0.05) is 37.3 Å². The van der Waals surface area contributed by atoms with Crippen molar-refractivity contribution in [3.8, 4) is 0 Å². The molecule has 6 nitrogen and oxygen atoms in total. The van der Waals surface area contributed by atoms with Gasteiger partial charge < -0.3 is 15.1 Å². The van der Waals surface area contributed by atoms with Crippen molar-refractivity contribution >= 4 is 17.7 Å². The number of benzene rings is 2. The Balaban J connectivity index is 1.73. The molecule has 3 amide bonds. The molecule has 1 N–H and O–H groups in total. The zero-order chi connectivity index (χ0) is 24.0. The van der Waals surface area contributed by atoms with Crippen molar-refractivity contribution in [3.05, 3.63) is 70.8 Å². The van der Waals surface area contributed by atoms with E-state index in [2.05, 4.69) is 5.32 Å². The number of nitrogens with one attached hydrogen (secondary N) is 1. The molecule has 1 heterocycles. The van der Waals surface area contributed by atoms with Crippen LogP contribution in [0.4, 0.5) is 0 Å². The minimum Gasteiger partial charge on any atom is -0.341 e. The zero-order valence-electron chi connectivity index (χ0n) is 20.1. The first-order valence-corrected chi connectivity index (χ1v) is 11.9. The van der Waals surface area contributed by atoms with Crippen LogP contribution in [0.5, 0.6) is 0 Å². The molecule has 0 spiro atoms. The summed E-state index contributed by atoms with van der Waals surface area (Å²) in [5.41, 5.74) is 3.35. The van der Waals surface area contributed by atoms with Crippen LogP contribution in [-0.4, -0.2) is 59.7 Å². The number of likely N-dealkylation sites (N-methyl/N-ethyl adjacent to an activating group) is 1. The molecule has 176 valence electrons. The zero-order valence-corrected chi connectivity index (χ0v) is 20.1. The van der Waals surface area contributed by atoms with E-state index in [0.717, 1.165) is 11.1 Å². The van der Waals surface area contributed by atoms with Crippen LogP contribution >= 0.6 is 0 Å². The van der Waals surface area contributed by atoms with Gasteiger partial charge in [0.1, 0.15) is 6.04 Å². The number of carbonyl (C=O) groups is 3. The first kappa shape index (κ1) is 24.5. The van der Waals surface area contributed by atoms with Gasteiger partial charge in [-0.15, -0.1) is 0 Å². The number of hydrogen-bond donors (Lipinski definition) is 1. The molecule has 2 aromatic carbocycles. The molecule has 1 aliphatic heterocycles. The third-order valence-corrected chi connectivity index (χ3v) is 6.50. The Hall–Kier alpha value is -3.15. The normalized spacial score (nSPS) is 15.1. The van der Waals surface area contributed by atoms with E-state index in [0.29, 0.717) is 50.1 Å². The number of nitrogens with zero attached hydrogens (tertiary/aromatic N) is 2. The van der Waals surface area contributed by atoms with Crippen LogP contribution in [0.2, 0.25) is 0 Å². The van der Waals surface area contributed by atoms with E-state index in [1.54, 1.807) is 11.0 Å². The maximum Gasteiger partial charge on any atom is 0.253 e. The second-order valence-corrected chi connectivity index (χ2v) is 8.83. The lowest BCUT2D eigenvalue weighted by atomic mass is 9.87. The molecule has 1 atom stereocenters. The van der Waals surface area contributed by atoms with Crippen LogP contribution in [0.3, 0.4) is 0 Å². The second kappa shape index (κ2) is 11.1. The van der Waals surface area contributed by atoms with Gasteiger partial charge in [-0.05, 0) is 70.7 Å². The summed E-state index contributed by atoms with van der Waals surface area (Å²) in [5, 5.41) is 3.03. The third-order valence-electron chi connectivity index (χ3n) is 6.50. The van der Waals surface area contributed by atoms with Gasteiger partial charge in [-0.3, -0.25) is 14.4 Å². The molecule has 1 saturated heterocycles. The average molecular weight is 450 g/mol. The molecule has 1 fully saturated rings. The fraction of sp³-hybridized carbons (Fsp3) is 0.444. The Bertz CT molecular complexity index is 974. The van der Waals surface area contributed by atoms with E-state index < -0.39 is 6.04 Å². The lowest BCUT2D eigenvalue weighted by Crippen LogP contribution is -2.54. The number of carbonyl (C=O) groups excluding carboxylic acids is 3. The van der Waals surface area contributed by atoms with E-state index in [-0.39, 0.29) is 23.6 Å². The summed E-state index contributed by atoms with van der Waals surface area (Å²) < 4.78 is 0. The Labute approximate surface area is 197 Å². The van der Waals surface area contributed by atoms with E-state index >= 15 is 0 Å². The van der Waals surface area contributed by atoms with Crippen LogP contribution in [0.1, 0.15) is 58.5 Å². The molecule has 2 aromatic rings. The van der Waals surface area contributed by atoms with E-state index in [9.17, 15) is 14.4 Å². The largest absolute Gasteiger partial charge is 0.341 e. The molecule has 1 aliphatic rings. The molecular formula is C27H35N3O3. The monoisotopic (exact) mass is 449 g/mol. The summed E-state index contributed by atoms with van der Waals surface area (Å²) in [6.07, 6.45) is 1.34. The predicted molar refractivity (Wildman–Crippen MR) is 130 cm³/mol. The first-order valence-electron chi connectivity index (χ1n) is 11.9. The van der Waals surface area contributed by atoms with Crippen molar-refractivity contribution in [1.82, 2.24) is 15.1 Å². The Kier molecular flexibility index (Phi) is 8.26. The Morgan fingerprint density at radius 1 is 0.939 bits per heavy atom. The number of hydrogen-bond acceptors (Lipinski definition) is 3. The highest BCUT2D eigenvalue weighted by Crippen LogP contribution is 2.24. The van der Waals surface area contributed by atoms with Gasteiger partial charge >= 0.3 is 0 Å². The topological polar surface area (TPSA) is 69.7 Å². The molecule has 0 radical (unpaired) electrons. The molecule has 0 aliphatic carbocycles. The standard InChI is InChI=1S/C27H35N3O3/c1-5-29(6-2)27(33)24(28-25(31)23-9-7-8-20(4)18-23)21-14-16-30(17-15-21)26(32)22-12-10-19(3)11-13-22/h7-13,18,21,24H,5-6,14-17H2,1-4H3,(H,28,31)/t24-/m1/s1. The van der Waals surface area contributed by atoms with E-state index in [1.165, 1.54) is 0 Å². The number of rotatable bonds is 7. The molecule has 0 aromatic heterocycles. The summed E-state index contributed by atoms with van der Waals surface area (Å²) in [5.74, 6) is -0.288. The predicted octanol–water partition coefficient (Wildman–Crippen LogP) is 3.82. The maximum absolute atomic E-state index is 13.3. The van der Waals surface area contributed by atoms with Gasteiger partial charge in [0.05, 0.1) is 0 Å². The van der Waals surface area contributed by atoms with Crippen LogP contribution in [-0.2, 0) is 4.79 Å². The van der Waals surface area contributed by atoms with Gasteiger partial charge in [-0.25, -0.2) is 0 Å². The second-order valence-electron chi connectivity index (χ2n) is 8.83. The highest BCUT2D eigenvalue weighted by molar-refractivity contribution is 5.98. The molecule has 0 saturated carbocycles. The van der Waals surface area contributed by atoms with Crippen LogP contribution in [0.25, 0.3) is 0 Å². The van der Waals surface area contributed by atoms with Gasteiger partial charge in [0.25, 0.3) is 11.8 Å². The van der Waals surface area contributed by atoms with Crippen molar-refractivity contribution in [3.63, 3.8) is 0 Å². The van der Waals surface area contributed by atoms with Gasteiger partial charge in [-0.2, -0.15) is 0 Å². The molecule has 0 unspecified atom stereocenters. The van der Waals surface area contributed by atoms with Gasteiger partial charge in [0.2, 0.25) is 5.91 Å². The fourth-order valence-electron chi connectivity index (χ4n) is 4.44. The molecule has 0 bridgehead atoms. The summed E-state index contributed by atoms with van der Waals surface area (Å²) in [6.45, 7) is 10.2. The third kappa shape index (κ3) is 6.01. The van der Waals surface area contributed by atoms with Crippen molar-refractivity contribution in [2.75, 3.05) is 26.2 Å². The molecule has 6 heteroatoms. The highest BCUT2D eigenvalue weighted by atomic mass is 16.2. The number of amides is 3. The van der Waals surface area contributed by atoms with Gasteiger partial charge in [-0.1, -0.05) is 35.4 Å². The minimum absolute atomic E-state index is 0.0175. The van der Waals surface area contributed by atoms with Crippen molar-refractivity contribution < 1.29 is 14.4 Å². The van der Waals surface area contributed by atoms with Crippen LogP contribution in [0.15, 0.2) is 48.5 Å². The molecule has 33 heavy (non-hydrogen) atoms. The maximum atomic E-state index is 13.3. The number of piperidine rings is 1. The lowest BCUT2D eigenvalue weighted by Gasteiger charge is -2.37. The van der Waals surface area contributed by atoms with Crippen molar-refractivity contribution in [2.45, 2.75) is 46.6 Å². The first-order chi connectivity index (χ1) is 15.8. The highest BCUT2D eigenvalue weighted by Gasteiger charge is 2.35. The molecular weight excluding hydrogens is 414 g/mol. The summed E-state index contributed by atoms with van der Waals surface area (Å²) in [6, 6.07) is 14.4. The number of likely N-dealkylation sites (tertiary alicyclic amines) is 1. The van der Waals surface area contributed by atoms with Crippen LogP contribution in [0, 0.1) is 19.8 Å². The van der Waals surface area contributed by atoms with Crippen molar-refractivity contribution in [1.29, 1.82) is 0 Å². The quantitative estimate of drug-likeness (QED) is 0.699. The van der Waals surface area contributed by atoms with Gasteiger partial charge in [0.15, 0.2) is 0 Å². The fourth-order valence-corrected chi connectivity index (χ4v) is 4.44. The average Bonchev–Trinajstić information content (AvgIpc) is 2.83. The Morgan fingerprint density at radius 3 is 2.15 bits per heavy atom. The summed E-state index contributed by atoms with van der Waals surface area (Å²) >= 11 is 0. The summed E-state index contributed by atoms with van der Waals surface area (Å²) in [7, 11) is 0. The minimum atomic E-state index is -0.602. The summed E-state index contributed by atoms with van der Waals surface area (Å²) in [4.78, 5) is 42.8. The smallest absolute Gasteiger partial charge is 0.253 e. The SMILES string of the molecule is CCN(CC)C(=O)[C@H](NC(=O)c1cccc(C)c1)C1CCN(C(=O)c2ccc(C)cc2)CC1. The van der Waals surface area contributed by atoms with E-state index in [1.807, 2.05) is 75.1 Å².